The number of anilines is 3. The van der Waals surface area contributed by atoms with E-state index in [1.54, 1.807) is 0 Å². The van der Waals surface area contributed by atoms with Crippen LogP contribution in [0.25, 0.3) is 5.65 Å². The van der Waals surface area contributed by atoms with Gasteiger partial charge in [-0.2, -0.15) is 5.26 Å². The molecule has 0 radical (unpaired) electrons. The van der Waals surface area contributed by atoms with Crippen LogP contribution in [0.5, 0.6) is 0 Å². The number of nitrogens with one attached hydrogen (secondary N) is 2. The molecule has 0 fully saturated rings. The molecule has 0 saturated heterocycles. The number of carbonyl (C=O) groups is 1. The van der Waals surface area contributed by atoms with Gasteiger partial charge in [0.1, 0.15) is 11.9 Å². The zero-order valence-electron chi connectivity index (χ0n) is 21.3. The maximum absolute atomic E-state index is 12.7. The van der Waals surface area contributed by atoms with Crippen molar-refractivity contribution < 1.29 is 9.53 Å². The minimum Gasteiger partial charge on any atom is -0.370 e. The van der Waals surface area contributed by atoms with Gasteiger partial charge < -0.3 is 15.4 Å². The number of rotatable bonds is 6. The Labute approximate surface area is 220 Å². The second-order valence-corrected chi connectivity index (χ2v) is 10.8. The van der Waals surface area contributed by atoms with Gasteiger partial charge in [0, 0.05) is 23.4 Å². The van der Waals surface area contributed by atoms with Crippen molar-refractivity contribution in [2.75, 3.05) is 16.4 Å². The van der Waals surface area contributed by atoms with Crippen LogP contribution in [0.2, 0.25) is 0 Å². The Balaban J connectivity index is 1.53. The second-order valence-electron chi connectivity index (χ2n) is 9.85. The molecule has 1 aliphatic rings. The van der Waals surface area contributed by atoms with Crippen molar-refractivity contribution >= 4 is 40.5 Å². The van der Waals surface area contributed by atoms with Gasteiger partial charge in [-0.05, 0) is 57.5 Å². The Morgan fingerprint density at radius 2 is 1.70 bits per heavy atom. The van der Waals surface area contributed by atoms with E-state index in [1.807, 2.05) is 80.6 Å². The van der Waals surface area contributed by atoms with Crippen LogP contribution in [0.1, 0.15) is 41.7 Å². The lowest BCUT2D eigenvalue weighted by Gasteiger charge is -2.33. The third-order valence-electron chi connectivity index (χ3n) is 6.33. The van der Waals surface area contributed by atoms with E-state index in [2.05, 4.69) is 26.9 Å². The normalized spacial score (nSPS) is 14.1. The smallest absolute Gasteiger partial charge is 0.234 e. The van der Waals surface area contributed by atoms with Crippen LogP contribution in [-0.4, -0.2) is 31.9 Å². The summed E-state index contributed by atoms with van der Waals surface area (Å²) in [6.07, 6.45) is 0.582. The van der Waals surface area contributed by atoms with Gasteiger partial charge in [0.25, 0.3) is 0 Å². The third-order valence-corrected chi connectivity index (χ3v) is 7.26. The number of aryl methyl sites for hydroxylation is 2. The molecule has 4 aromatic rings. The first kappa shape index (κ1) is 24.8. The lowest BCUT2D eigenvalue weighted by Crippen LogP contribution is -2.33. The molecular formula is C28H28N6O2S. The van der Waals surface area contributed by atoms with Gasteiger partial charge >= 0.3 is 0 Å². The topological polar surface area (TPSA) is 104 Å². The van der Waals surface area contributed by atoms with E-state index in [9.17, 15) is 10.1 Å². The largest absolute Gasteiger partial charge is 0.370 e. The van der Waals surface area contributed by atoms with Gasteiger partial charge in [-0.1, -0.05) is 47.2 Å². The van der Waals surface area contributed by atoms with Crippen LogP contribution in [-0.2, 0) is 22.6 Å². The number of fused-ring (bicyclic) bond motifs is 3. The van der Waals surface area contributed by atoms with Crippen LogP contribution in [0.15, 0.2) is 53.7 Å². The molecule has 37 heavy (non-hydrogen) atoms. The number of nitrogens with zero attached hydrogens (tertiary/aromatic N) is 4. The fraction of sp³-hybridized carbons (Fsp3) is 0.286. The van der Waals surface area contributed by atoms with Crippen LogP contribution in [0, 0.1) is 25.2 Å². The fourth-order valence-corrected chi connectivity index (χ4v) is 5.11. The molecule has 9 heteroatoms. The predicted molar refractivity (Wildman–Crippen MR) is 145 cm³/mol. The predicted octanol–water partition coefficient (Wildman–Crippen LogP) is 5.54. The molecule has 8 nitrogen and oxygen atoms in total. The molecule has 0 aliphatic carbocycles. The Hall–Kier alpha value is -3.87. The first-order valence-electron chi connectivity index (χ1n) is 12.0. The minimum atomic E-state index is -0.399. The van der Waals surface area contributed by atoms with Gasteiger partial charge in [0.15, 0.2) is 10.8 Å². The number of pyridine rings is 1. The molecule has 0 saturated carbocycles. The van der Waals surface area contributed by atoms with E-state index in [0.717, 1.165) is 33.6 Å². The molecule has 1 aliphatic heterocycles. The number of carbonyl (C=O) groups excluding carboxylic acids is 1. The van der Waals surface area contributed by atoms with Crippen molar-refractivity contribution in [2.24, 2.45) is 0 Å². The summed E-state index contributed by atoms with van der Waals surface area (Å²) in [5, 5.41) is 26.1. The van der Waals surface area contributed by atoms with Crippen molar-refractivity contribution in [3.63, 3.8) is 0 Å². The zero-order valence-corrected chi connectivity index (χ0v) is 22.1. The number of benzene rings is 2. The molecule has 0 bridgehead atoms. The van der Waals surface area contributed by atoms with Crippen LogP contribution >= 0.6 is 11.8 Å². The molecule has 0 unspecified atom stereocenters. The summed E-state index contributed by atoms with van der Waals surface area (Å²) in [7, 11) is 0. The SMILES string of the molecule is Cc1ccc(NC(=O)CSc2nnc3c4c(c(C#N)c(Nc5ccc(C)cc5)n23)CC(C)(C)OC4)cc1. The summed E-state index contributed by atoms with van der Waals surface area (Å²) in [5.74, 6) is 0.577. The maximum atomic E-state index is 12.7. The Bertz CT molecular complexity index is 1520. The summed E-state index contributed by atoms with van der Waals surface area (Å²) in [6, 6.07) is 18.0. The number of amides is 1. The van der Waals surface area contributed by atoms with E-state index >= 15 is 0 Å². The van der Waals surface area contributed by atoms with Crippen LogP contribution < -0.4 is 10.6 Å². The summed E-state index contributed by atoms with van der Waals surface area (Å²) in [5.41, 5.74) is 6.38. The summed E-state index contributed by atoms with van der Waals surface area (Å²) in [4.78, 5) is 12.7. The Morgan fingerprint density at radius 3 is 2.35 bits per heavy atom. The lowest BCUT2D eigenvalue weighted by molar-refractivity contribution is -0.113. The van der Waals surface area contributed by atoms with Gasteiger partial charge in [-0.15, -0.1) is 10.2 Å². The Kier molecular flexibility index (Phi) is 6.63. The van der Waals surface area contributed by atoms with Gasteiger partial charge in [-0.3, -0.25) is 9.20 Å². The number of aromatic nitrogens is 3. The molecule has 2 aromatic carbocycles. The highest BCUT2D eigenvalue weighted by atomic mass is 32.2. The first-order chi connectivity index (χ1) is 17.7. The standard InChI is InChI=1S/C28H28N6O2S/c1-17-5-9-19(10-6-17)30-24(35)16-37-27-33-32-26-23-15-36-28(3,4)13-21(23)22(14-29)25(34(26)27)31-20-11-7-18(2)8-12-20/h5-12,31H,13,15-16H2,1-4H3,(H,30,35). The van der Waals surface area contributed by atoms with E-state index in [4.69, 9.17) is 4.74 Å². The van der Waals surface area contributed by atoms with E-state index in [1.165, 1.54) is 11.8 Å². The highest BCUT2D eigenvalue weighted by Gasteiger charge is 2.33. The average Bonchev–Trinajstić information content (AvgIpc) is 3.29. The molecule has 1 amide bonds. The number of hydrogen-bond donors (Lipinski definition) is 2. The number of hydrogen-bond acceptors (Lipinski definition) is 7. The molecule has 2 aromatic heterocycles. The average molecular weight is 513 g/mol. The quantitative estimate of drug-likeness (QED) is 0.327. The second kappa shape index (κ2) is 9.88. The van der Waals surface area contributed by atoms with E-state index in [0.29, 0.717) is 35.2 Å². The maximum Gasteiger partial charge on any atom is 0.234 e. The van der Waals surface area contributed by atoms with Crippen molar-refractivity contribution in [1.82, 2.24) is 14.6 Å². The molecule has 5 rings (SSSR count). The summed E-state index contributed by atoms with van der Waals surface area (Å²) in [6.45, 7) is 8.40. The number of nitriles is 1. The van der Waals surface area contributed by atoms with E-state index < -0.39 is 5.60 Å². The molecule has 3 heterocycles. The molecule has 188 valence electrons. The summed E-state index contributed by atoms with van der Waals surface area (Å²) < 4.78 is 7.91. The highest BCUT2D eigenvalue weighted by Crippen LogP contribution is 2.38. The molecular weight excluding hydrogens is 484 g/mol. The number of ether oxygens (including phenoxy) is 1. The van der Waals surface area contributed by atoms with Gasteiger partial charge in [-0.25, -0.2) is 0 Å². The third kappa shape index (κ3) is 5.17. The van der Waals surface area contributed by atoms with Crippen LogP contribution in [0.3, 0.4) is 0 Å². The minimum absolute atomic E-state index is 0.140. The molecule has 2 N–H and O–H groups in total. The Morgan fingerprint density at radius 1 is 1.05 bits per heavy atom. The van der Waals surface area contributed by atoms with Crippen LogP contribution in [0.4, 0.5) is 17.2 Å². The van der Waals surface area contributed by atoms with Gasteiger partial charge in [0.05, 0.1) is 23.5 Å². The van der Waals surface area contributed by atoms with Gasteiger partial charge in [0.2, 0.25) is 5.91 Å². The van der Waals surface area contributed by atoms with Crippen molar-refractivity contribution in [1.29, 1.82) is 5.26 Å². The fourth-order valence-electron chi connectivity index (χ4n) is 4.37. The van der Waals surface area contributed by atoms with Crippen molar-refractivity contribution in [3.05, 3.63) is 76.3 Å². The summed E-state index contributed by atoms with van der Waals surface area (Å²) >= 11 is 1.27. The molecule has 0 atom stereocenters. The van der Waals surface area contributed by atoms with Crippen molar-refractivity contribution in [3.8, 4) is 6.07 Å². The first-order valence-corrected chi connectivity index (χ1v) is 13.0. The highest BCUT2D eigenvalue weighted by molar-refractivity contribution is 7.99. The molecule has 0 spiro atoms. The van der Waals surface area contributed by atoms with E-state index in [-0.39, 0.29) is 11.7 Å². The monoisotopic (exact) mass is 512 g/mol. The lowest BCUT2D eigenvalue weighted by atomic mass is 9.89. The number of thioether (sulfide) groups is 1. The zero-order chi connectivity index (χ0) is 26.2. The van der Waals surface area contributed by atoms with Crippen molar-refractivity contribution in [2.45, 2.75) is 51.5 Å².